The lowest BCUT2D eigenvalue weighted by Crippen LogP contribution is -2.31. The minimum Gasteiger partial charge on any atom is -0.312 e. The summed E-state index contributed by atoms with van der Waals surface area (Å²) in [6, 6.07) is 0.488. The first-order valence-electron chi connectivity index (χ1n) is 5.80. The summed E-state index contributed by atoms with van der Waals surface area (Å²) in [4.78, 5) is 0. The zero-order valence-electron chi connectivity index (χ0n) is 10.6. The Bertz CT molecular complexity index is 315. The predicted octanol–water partition coefficient (Wildman–Crippen LogP) is 2.20. The Labute approximate surface area is 92.9 Å². The molecule has 86 valence electrons. The maximum absolute atomic E-state index is 4.53. The second kappa shape index (κ2) is 5.31. The van der Waals surface area contributed by atoms with Gasteiger partial charge in [0, 0.05) is 11.7 Å². The topological polar surface area (TPSA) is 29.9 Å². The highest BCUT2D eigenvalue weighted by molar-refractivity contribution is 5.22. The van der Waals surface area contributed by atoms with E-state index in [-0.39, 0.29) is 0 Å². The van der Waals surface area contributed by atoms with Gasteiger partial charge >= 0.3 is 0 Å². The van der Waals surface area contributed by atoms with Crippen molar-refractivity contribution in [2.75, 3.05) is 6.54 Å². The molecule has 0 aliphatic rings. The molecule has 15 heavy (non-hydrogen) atoms. The Morgan fingerprint density at radius 3 is 2.47 bits per heavy atom. The van der Waals surface area contributed by atoms with E-state index in [0.29, 0.717) is 6.04 Å². The second-order valence-electron chi connectivity index (χ2n) is 4.33. The van der Waals surface area contributed by atoms with Crippen LogP contribution in [0.2, 0.25) is 0 Å². The summed E-state index contributed by atoms with van der Waals surface area (Å²) in [7, 11) is 0. The molecule has 1 unspecified atom stereocenters. The molecule has 1 heterocycles. The smallest absolute Gasteiger partial charge is 0.0625 e. The van der Waals surface area contributed by atoms with Crippen LogP contribution in [0.5, 0.6) is 0 Å². The Kier molecular flexibility index (Phi) is 4.33. The molecule has 3 heteroatoms. The molecule has 1 aromatic heterocycles. The molecular formula is C12H23N3. The van der Waals surface area contributed by atoms with Crippen molar-refractivity contribution in [3.63, 3.8) is 0 Å². The predicted molar refractivity (Wildman–Crippen MR) is 64.2 cm³/mol. The summed E-state index contributed by atoms with van der Waals surface area (Å²) in [5.74, 6) is 0. The van der Waals surface area contributed by atoms with Gasteiger partial charge in [0.05, 0.1) is 12.2 Å². The van der Waals surface area contributed by atoms with Gasteiger partial charge in [0.2, 0.25) is 0 Å². The number of rotatable bonds is 5. The van der Waals surface area contributed by atoms with Crippen LogP contribution in [0.25, 0.3) is 0 Å². The maximum Gasteiger partial charge on any atom is 0.0625 e. The van der Waals surface area contributed by atoms with E-state index in [1.54, 1.807) is 0 Å². The summed E-state index contributed by atoms with van der Waals surface area (Å²) in [5, 5.41) is 8.01. The molecule has 3 nitrogen and oxygen atoms in total. The van der Waals surface area contributed by atoms with Gasteiger partial charge in [-0.3, -0.25) is 4.68 Å². The first-order chi connectivity index (χ1) is 7.06. The number of nitrogens with one attached hydrogen (secondary N) is 1. The number of hydrogen-bond donors (Lipinski definition) is 1. The van der Waals surface area contributed by atoms with E-state index in [4.69, 9.17) is 0 Å². The van der Waals surface area contributed by atoms with E-state index in [1.807, 2.05) is 0 Å². The van der Waals surface area contributed by atoms with E-state index < -0.39 is 0 Å². The van der Waals surface area contributed by atoms with E-state index in [9.17, 15) is 0 Å². The first kappa shape index (κ1) is 12.2. The monoisotopic (exact) mass is 209 g/mol. The van der Waals surface area contributed by atoms with Crippen molar-refractivity contribution in [1.82, 2.24) is 15.1 Å². The number of hydrogen-bond acceptors (Lipinski definition) is 2. The van der Waals surface area contributed by atoms with Gasteiger partial charge in [-0.1, -0.05) is 6.92 Å². The molecule has 0 aliphatic heterocycles. The molecule has 0 amide bonds. The summed E-state index contributed by atoms with van der Waals surface area (Å²) in [6.07, 6.45) is 1.18. The van der Waals surface area contributed by atoms with E-state index in [0.717, 1.165) is 18.8 Å². The highest BCUT2D eigenvalue weighted by Crippen LogP contribution is 2.11. The standard InChI is InChI=1S/C12H23N3/c1-6-7-13-9(2)8-15-12(5)10(3)11(4)14-15/h9,13H,6-8H2,1-5H3. The van der Waals surface area contributed by atoms with Crippen LogP contribution in [-0.2, 0) is 6.54 Å². The minimum atomic E-state index is 0.488. The van der Waals surface area contributed by atoms with E-state index >= 15 is 0 Å². The van der Waals surface area contributed by atoms with Crippen LogP contribution in [-0.4, -0.2) is 22.4 Å². The second-order valence-corrected chi connectivity index (χ2v) is 4.33. The summed E-state index contributed by atoms with van der Waals surface area (Å²) < 4.78 is 2.11. The summed E-state index contributed by atoms with van der Waals surface area (Å²) >= 11 is 0. The molecule has 1 aromatic rings. The van der Waals surface area contributed by atoms with Crippen molar-refractivity contribution in [1.29, 1.82) is 0 Å². The Balaban J connectivity index is 2.60. The molecule has 0 aromatic carbocycles. The third-order valence-electron chi connectivity index (χ3n) is 2.93. The van der Waals surface area contributed by atoms with Crippen molar-refractivity contribution < 1.29 is 0 Å². The third kappa shape index (κ3) is 3.06. The van der Waals surface area contributed by atoms with Crippen LogP contribution in [0.3, 0.4) is 0 Å². The Morgan fingerprint density at radius 2 is 2.00 bits per heavy atom. The van der Waals surface area contributed by atoms with Gasteiger partial charge in [-0.05, 0) is 46.2 Å². The summed E-state index contributed by atoms with van der Waals surface area (Å²) in [5.41, 5.74) is 3.76. The zero-order valence-corrected chi connectivity index (χ0v) is 10.6. The van der Waals surface area contributed by atoms with E-state index in [2.05, 4.69) is 49.7 Å². The quantitative estimate of drug-likeness (QED) is 0.805. The molecule has 0 bridgehead atoms. The average Bonchev–Trinajstić information content (AvgIpc) is 2.43. The molecule has 0 radical (unpaired) electrons. The van der Waals surface area contributed by atoms with Gasteiger partial charge in [-0.25, -0.2) is 0 Å². The molecule has 0 saturated carbocycles. The van der Waals surface area contributed by atoms with Crippen molar-refractivity contribution in [3.8, 4) is 0 Å². The van der Waals surface area contributed by atoms with Gasteiger partial charge in [0.15, 0.2) is 0 Å². The van der Waals surface area contributed by atoms with Crippen molar-refractivity contribution in [2.45, 2.75) is 53.6 Å². The maximum atomic E-state index is 4.53. The lowest BCUT2D eigenvalue weighted by molar-refractivity contribution is 0.445. The molecule has 0 spiro atoms. The minimum absolute atomic E-state index is 0.488. The zero-order chi connectivity index (χ0) is 11.4. The molecule has 0 aliphatic carbocycles. The van der Waals surface area contributed by atoms with Crippen LogP contribution < -0.4 is 5.32 Å². The highest BCUT2D eigenvalue weighted by atomic mass is 15.3. The molecule has 1 atom stereocenters. The van der Waals surface area contributed by atoms with Gasteiger partial charge in [-0.15, -0.1) is 0 Å². The van der Waals surface area contributed by atoms with Crippen molar-refractivity contribution in [3.05, 3.63) is 17.0 Å². The fourth-order valence-corrected chi connectivity index (χ4v) is 1.68. The normalized spacial score (nSPS) is 13.1. The van der Waals surface area contributed by atoms with E-state index in [1.165, 1.54) is 17.7 Å². The van der Waals surface area contributed by atoms with Crippen molar-refractivity contribution >= 4 is 0 Å². The van der Waals surface area contributed by atoms with Gasteiger partial charge in [0.25, 0.3) is 0 Å². The number of aryl methyl sites for hydroxylation is 1. The molecule has 0 fully saturated rings. The average molecular weight is 209 g/mol. The van der Waals surface area contributed by atoms with Crippen LogP contribution in [0.4, 0.5) is 0 Å². The highest BCUT2D eigenvalue weighted by Gasteiger charge is 2.09. The number of aromatic nitrogens is 2. The van der Waals surface area contributed by atoms with Gasteiger partial charge in [-0.2, -0.15) is 5.10 Å². The van der Waals surface area contributed by atoms with Crippen LogP contribution in [0, 0.1) is 20.8 Å². The lowest BCUT2D eigenvalue weighted by atomic mass is 10.2. The molecule has 1 rings (SSSR count). The van der Waals surface area contributed by atoms with Crippen LogP contribution in [0.1, 0.15) is 37.2 Å². The molecule has 1 N–H and O–H groups in total. The van der Waals surface area contributed by atoms with Crippen LogP contribution in [0.15, 0.2) is 0 Å². The molecular weight excluding hydrogens is 186 g/mol. The fourth-order valence-electron chi connectivity index (χ4n) is 1.68. The fraction of sp³-hybridized carbons (Fsp3) is 0.750. The number of nitrogens with zero attached hydrogens (tertiary/aromatic N) is 2. The van der Waals surface area contributed by atoms with Gasteiger partial charge in [0.1, 0.15) is 0 Å². The summed E-state index contributed by atoms with van der Waals surface area (Å²) in [6.45, 7) is 12.8. The Hall–Kier alpha value is -0.830. The van der Waals surface area contributed by atoms with Crippen LogP contribution >= 0.6 is 0 Å². The van der Waals surface area contributed by atoms with Crippen molar-refractivity contribution in [2.24, 2.45) is 0 Å². The third-order valence-corrected chi connectivity index (χ3v) is 2.93. The Morgan fingerprint density at radius 1 is 1.33 bits per heavy atom. The molecule has 0 saturated heterocycles. The van der Waals surface area contributed by atoms with Gasteiger partial charge < -0.3 is 5.32 Å². The first-order valence-corrected chi connectivity index (χ1v) is 5.80. The lowest BCUT2D eigenvalue weighted by Gasteiger charge is -2.14. The SMILES string of the molecule is CCCNC(C)Cn1nc(C)c(C)c1C. The largest absolute Gasteiger partial charge is 0.312 e.